The van der Waals surface area contributed by atoms with Gasteiger partial charge in [-0.05, 0) is 42.0 Å². The maximum absolute atomic E-state index is 13.5. The zero-order chi connectivity index (χ0) is 23.5. The van der Waals surface area contributed by atoms with Crippen molar-refractivity contribution >= 4 is 34.7 Å². The number of rotatable bonds is 7. The quantitative estimate of drug-likeness (QED) is 0.502. The highest BCUT2D eigenvalue weighted by Gasteiger charge is 2.40. The summed E-state index contributed by atoms with van der Waals surface area (Å²) in [5.41, 5.74) is 1.86. The van der Waals surface area contributed by atoms with Gasteiger partial charge in [0.05, 0.1) is 31.4 Å². The molecule has 3 aromatic rings. The van der Waals surface area contributed by atoms with Gasteiger partial charge < -0.3 is 14.8 Å². The first-order chi connectivity index (χ1) is 15.9. The van der Waals surface area contributed by atoms with Gasteiger partial charge in [0.2, 0.25) is 0 Å². The van der Waals surface area contributed by atoms with Crippen LogP contribution < -0.4 is 14.8 Å². The normalized spacial score (nSPS) is 13.5. The fourth-order valence-corrected chi connectivity index (χ4v) is 3.86. The van der Waals surface area contributed by atoms with Crippen molar-refractivity contribution in [2.45, 2.75) is 6.54 Å². The van der Waals surface area contributed by atoms with Crippen molar-refractivity contribution in [2.75, 3.05) is 19.5 Å². The van der Waals surface area contributed by atoms with Gasteiger partial charge >= 0.3 is 0 Å². The molecule has 0 saturated carbocycles. The van der Waals surface area contributed by atoms with E-state index in [9.17, 15) is 14.0 Å². The number of methoxy groups -OCH3 is 2. The summed E-state index contributed by atoms with van der Waals surface area (Å²) in [6, 6.07) is 17.6. The minimum atomic E-state index is -0.517. The number of hydrogen-bond donors (Lipinski definition) is 1. The van der Waals surface area contributed by atoms with Crippen molar-refractivity contribution in [3.63, 3.8) is 0 Å². The van der Waals surface area contributed by atoms with Crippen LogP contribution in [-0.2, 0) is 16.1 Å². The number of nitrogens with zero attached hydrogens (tertiary/aromatic N) is 1. The summed E-state index contributed by atoms with van der Waals surface area (Å²) in [4.78, 5) is 28.0. The lowest BCUT2D eigenvalue weighted by molar-refractivity contribution is -0.137. The summed E-state index contributed by atoms with van der Waals surface area (Å²) < 4.78 is 23.9. The molecular formula is C25H20ClFN2O4. The average Bonchev–Trinajstić information content (AvgIpc) is 3.04. The van der Waals surface area contributed by atoms with Crippen LogP contribution in [0.15, 0.2) is 72.4 Å². The predicted octanol–water partition coefficient (Wildman–Crippen LogP) is 4.89. The van der Waals surface area contributed by atoms with E-state index in [2.05, 4.69) is 5.32 Å². The van der Waals surface area contributed by atoms with E-state index in [4.69, 9.17) is 21.1 Å². The molecule has 4 rings (SSSR count). The van der Waals surface area contributed by atoms with Crippen LogP contribution in [0.4, 0.5) is 10.1 Å². The fraction of sp³-hybridized carbons (Fsp3) is 0.120. The lowest BCUT2D eigenvalue weighted by atomic mass is 10.0. The van der Waals surface area contributed by atoms with E-state index in [0.29, 0.717) is 33.3 Å². The molecule has 0 bridgehead atoms. The topological polar surface area (TPSA) is 67.9 Å². The van der Waals surface area contributed by atoms with Gasteiger partial charge in [0.15, 0.2) is 0 Å². The van der Waals surface area contributed by atoms with E-state index < -0.39 is 17.6 Å². The van der Waals surface area contributed by atoms with Crippen LogP contribution in [0.5, 0.6) is 11.5 Å². The van der Waals surface area contributed by atoms with E-state index in [0.717, 1.165) is 4.90 Å². The second-order valence-corrected chi connectivity index (χ2v) is 7.65. The molecule has 33 heavy (non-hydrogen) atoms. The Kier molecular flexibility index (Phi) is 6.33. The Bertz CT molecular complexity index is 1260. The first kappa shape index (κ1) is 22.4. The molecule has 0 atom stereocenters. The zero-order valence-corrected chi connectivity index (χ0v) is 18.7. The maximum Gasteiger partial charge on any atom is 0.278 e. The molecule has 0 spiro atoms. The molecule has 0 aliphatic carbocycles. The highest BCUT2D eigenvalue weighted by molar-refractivity contribution is 6.37. The molecule has 3 aromatic carbocycles. The van der Waals surface area contributed by atoms with Crippen molar-refractivity contribution < 1.29 is 23.5 Å². The number of imide groups is 1. The number of ether oxygens (including phenoxy) is 2. The SMILES string of the molecule is COc1ccc(NC2=C(c3ccccc3OC)C(=O)N(Cc3ccc(F)cc3)C2=O)cc1Cl. The number of para-hydroxylation sites is 1. The highest BCUT2D eigenvalue weighted by atomic mass is 35.5. The molecule has 0 radical (unpaired) electrons. The van der Waals surface area contributed by atoms with E-state index in [1.165, 1.54) is 38.5 Å². The minimum Gasteiger partial charge on any atom is -0.496 e. The average molecular weight is 467 g/mol. The van der Waals surface area contributed by atoms with Gasteiger partial charge in [-0.15, -0.1) is 0 Å². The molecule has 1 N–H and O–H groups in total. The number of hydrogen-bond acceptors (Lipinski definition) is 5. The molecule has 6 nitrogen and oxygen atoms in total. The summed E-state index contributed by atoms with van der Waals surface area (Å²) >= 11 is 6.24. The molecular weight excluding hydrogens is 447 g/mol. The van der Waals surface area contributed by atoms with Crippen molar-refractivity contribution in [1.29, 1.82) is 0 Å². The number of halogens is 2. The molecule has 0 aromatic heterocycles. The Morgan fingerprint density at radius 2 is 1.61 bits per heavy atom. The van der Waals surface area contributed by atoms with Gasteiger partial charge in [0.1, 0.15) is 23.0 Å². The van der Waals surface area contributed by atoms with Crippen molar-refractivity contribution in [3.8, 4) is 11.5 Å². The van der Waals surface area contributed by atoms with Crippen LogP contribution in [0.3, 0.4) is 0 Å². The monoisotopic (exact) mass is 466 g/mol. The third kappa shape index (κ3) is 4.40. The first-order valence-corrected chi connectivity index (χ1v) is 10.4. The molecule has 168 valence electrons. The Balaban J connectivity index is 1.77. The standard InChI is InChI=1S/C25H20ClFN2O4/c1-32-20-6-4-3-5-18(20)22-23(28-17-11-12-21(33-2)19(26)13-17)25(31)29(24(22)30)14-15-7-9-16(27)10-8-15/h3-13,28H,14H2,1-2H3. The molecule has 0 fully saturated rings. The third-order valence-corrected chi connectivity index (χ3v) is 5.51. The molecule has 2 amide bonds. The maximum atomic E-state index is 13.5. The highest BCUT2D eigenvalue weighted by Crippen LogP contribution is 2.36. The summed E-state index contributed by atoms with van der Waals surface area (Å²) in [7, 11) is 3.00. The number of carbonyl (C=O) groups excluding carboxylic acids is 2. The zero-order valence-electron chi connectivity index (χ0n) is 17.9. The van der Waals surface area contributed by atoms with Crippen LogP contribution in [0.2, 0.25) is 5.02 Å². The molecule has 1 heterocycles. The van der Waals surface area contributed by atoms with Gasteiger partial charge in [-0.3, -0.25) is 14.5 Å². The number of carbonyl (C=O) groups is 2. The Morgan fingerprint density at radius 3 is 2.27 bits per heavy atom. The van der Waals surface area contributed by atoms with Gasteiger partial charge in [0, 0.05) is 11.3 Å². The molecule has 0 unspecified atom stereocenters. The van der Waals surface area contributed by atoms with Crippen LogP contribution in [-0.4, -0.2) is 30.9 Å². The smallest absolute Gasteiger partial charge is 0.278 e. The van der Waals surface area contributed by atoms with E-state index >= 15 is 0 Å². The molecule has 8 heteroatoms. The number of anilines is 1. The number of amides is 2. The second-order valence-electron chi connectivity index (χ2n) is 7.25. The Morgan fingerprint density at radius 1 is 0.909 bits per heavy atom. The van der Waals surface area contributed by atoms with E-state index in [1.54, 1.807) is 42.5 Å². The minimum absolute atomic E-state index is 0.00879. The number of benzene rings is 3. The van der Waals surface area contributed by atoms with E-state index in [-0.39, 0.29) is 17.8 Å². The summed E-state index contributed by atoms with van der Waals surface area (Å²) in [6.45, 7) is -0.00879. The Labute approximate surface area is 195 Å². The fourth-order valence-electron chi connectivity index (χ4n) is 3.60. The van der Waals surface area contributed by atoms with Crippen molar-refractivity contribution in [2.24, 2.45) is 0 Å². The lowest BCUT2D eigenvalue weighted by Crippen LogP contribution is -2.32. The van der Waals surface area contributed by atoms with Gasteiger partial charge in [-0.1, -0.05) is 41.9 Å². The van der Waals surface area contributed by atoms with Gasteiger partial charge in [-0.25, -0.2) is 4.39 Å². The molecule has 1 aliphatic heterocycles. The molecule has 1 aliphatic rings. The molecule has 0 saturated heterocycles. The first-order valence-electron chi connectivity index (χ1n) is 10.0. The van der Waals surface area contributed by atoms with Crippen molar-refractivity contribution in [3.05, 3.63) is 94.4 Å². The summed E-state index contributed by atoms with van der Waals surface area (Å²) in [6.07, 6.45) is 0. The van der Waals surface area contributed by atoms with Crippen LogP contribution in [0.25, 0.3) is 5.57 Å². The van der Waals surface area contributed by atoms with Crippen LogP contribution >= 0.6 is 11.6 Å². The largest absolute Gasteiger partial charge is 0.496 e. The van der Waals surface area contributed by atoms with Gasteiger partial charge in [0.25, 0.3) is 11.8 Å². The van der Waals surface area contributed by atoms with Crippen LogP contribution in [0, 0.1) is 5.82 Å². The summed E-state index contributed by atoms with van der Waals surface area (Å²) in [5, 5.41) is 3.40. The van der Waals surface area contributed by atoms with Gasteiger partial charge in [-0.2, -0.15) is 0 Å². The predicted molar refractivity (Wildman–Crippen MR) is 123 cm³/mol. The number of nitrogens with one attached hydrogen (secondary N) is 1. The van der Waals surface area contributed by atoms with Crippen molar-refractivity contribution in [1.82, 2.24) is 4.90 Å². The Hall–Kier alpha value is -3.84. The van der Waals surface area contributed by atoms with Crippen LogP contribution in [0.1, 0.15) is 11.1 Å². The van der Waals surface area contributed by atoms with E-state index in [1.807, 2.05) is 0 Å². The third-order valence-electron chi connectivity index (χ3n) is 5.22. The summed E-state index contributed by atoms with van der Waals surface area (Å²) in [5.74, 6) is -0.477. The lowest BCUT2D eigenvalue weighted by Gasteiger charge is -2.16. The second kappa shape index (κ2) is 9.34.